The molecule has 0 aromatic heterocycles. The zero-order valence-corrected chi connectivity index (χ0v) is 7.32. The maximum absolute atomic E-state index is 6.09. The Bertz CT molecular complexity index is 120. The molecule has 1 heterocycles. The maximum atomic E-state index is 6.09. The Balaban J connectivity index is 2.45. The highest BCUT2D eigenvalue weighted by molar-refractivity contribution is 6.23. The number of nitrogens with zero attached hydrogens (tertiary/aromatic N) is 1. The van der Waals surface area contributed by atoms with Crippen LogP contribution >= 0.6 is 11.6 Å². The molecule has 1 aliphatic rings. The van der Waals surface area contributed by atoms with Crippen LogP contribution in [-0.4, -0.2) is 36.7 Å². The third kappa shape index (κ3) is 1.84. The number of rotatable bonds is 1. The highest BCUT2D eigenvalue weighted by Gasteiger charge is 2.30. The molecule has 0 aromatic carbocycles. The van der Waals surface area contributed by atoms with Crippen molar-refractivity contribution in [3.05, 3.63) is 0 Å². The third-order valence-corrected chi connectivity index (χ3v) is 2.36. The van der Waals surface area contributed by atoms with E-state index in [1.54, 1.807) is 0 Å². The molecule has 1 rings (SSSR count). The highest BCUT2D eigenvalue weighted by Crippen LogP contribution is 2.24. The first kappa shape index (κ1) is 8.31. The summed E-state index contributed by atoms with van der Waals surface area (Å²) in [6.45, 7) is 4.64. The van der Waals surface area contributed by atoms with Crippen molar-refractivity contribution in [2.24, 2.45) is 0 Å². The molecule has 1 saturated heterocycles. The van der Waals surface area contributed by atoms with Gasteiger partial charge in [-0.05, 0) is 13.5 Å². The van der Waals surface area contributed by atoms with Crippen LogP contribution < -0.4 is 0 Å². The first-order valence-electron chi connectivity index (χ1n) is 3.68. The standard InChI is InChI=1S/C7H14ClNO/c1-3-7(8)6-9(2)4-5-10-7/h3-6H2,1-2H3. The Morgan fingerprint density at radius 2 is 2.40 bits per heavy atom. The van der Waals surface area contributed by atoms with Gasteiger partial charge in [0.15, 0.2) is 5.06 Å². The Labute approximate surface area is 67.1 Å². The van der Waals surface area contributed by atoms with Crippen LogP contribution in [0.3, 0.4) is 0 Å². The van der Waals surface area contributed by atoms with Crippen LogP contribution in [0, 0.1) is 0 Å². The van der Waals surface area contributed by atoms with Gasteiger partial charge >= 0.3 is 0 Å². The van der Waals surface area contributed by atoms with Gasteiger partial charge in [0.25, 0.3) is 0 Å². The van der Waals surface area contributed by atoms with E-state index in [1.807, 2.05) is 6.92 Å². The SMILES string of the molecule is CCC1(Cl)CN(C)CCO1. The molecule has 1 atom stereocenters. The highest BCUT2D eigenvalue weighted by atomic mass is 35.5. The molecule has 1 fully saturated rings. The molecule has 0 spiro atoms. The minimum Gasteiger partial charge on any atom is -0.357 e. The van der Waals surface area contributed by atoms with E-state index in [0.717, 1.165) is 26.1 Å². The minimum absolute atomic E-state index is 0.410. The van der Waals surface area contributed by atoms with Gasteiger partial charge in [-0.1, -0.05) is 18.5 Å². The van der Waals surface area contributed by atoms with Gasteiger partial charge in [-0.2, -0.15) is 0 Å². The monoisotopic (exact) mass is 163 g/mol. The maximum Gasteiger partial charge on any atom is 0.154 e. The summed E-state index contributed by atoms with van der Waals surface area (Å²) in [4.78, 5) is 2.19. The predicted molar refractivity (Wildman–Crippen MR) is 42.3 cm³/mol. The molecular weight excluding hydrogens is 150 g/mol. The summed E-state index contributed by atoms with van der Waals surface area (Å²) >= 11 is 6.09. The molecule has 60 valence electrons. The molecule has 0 saturated carbocycles. The van der Waals surface area contributed by atoms with Gasteiger partial charge in [-0.15, -0.1) is 0 Å². The number of halogens is 1. The van der Waals surface area contributed by atoms with Crippen LogP contribution in [-0.2, 0) is 4.74 Å². The van der Waals surface area contributed by atoms with Crippen molar-refractivity contribution in [3.63, 3.8) is 0 Å². The normalized spacial score (nSPS) is 36.3. The van der Waals surface area contributed by atoms with E-state index in [-0.39, 0.29) is 0 Å². The summed E-state index contributed by atoms with van der Waals surface area (Å²) in [6, 6.07) is 0. The van der Waals surface area contributed by atoms with Crippen LogP contribution in [0.4, 0.5) is 0 Å². The molecule has 0 radical (unpaired) electrons. The summed E-state index contributed by atoms with van der Waals surface area (Å²) in [5.41, 5.74) is 0. The zero-order chi connectivity index (χ0) is 7.61. The molecule has 2 nitrogen and oxygen atoms in total. The fourth-order valence-electron chi connectivity index (χ4n) is 1.13. The Morgan fingerprint density at radius 1 is 1.70 bits per heavy atom. The lowest BCUT2D eigenvalue weighted by molar-refractivity contribution is -0.0500. The second-order valence-electron chi connectivity index (χ2n) is 2.82. The van der Waals surface area contributed by atoms with Crippen LogP contribution in [0.25, 0.3) is 0 Å². The van der Waals surface area contributed by atoms with E-state index >= 15 is 0 Å². The molecule has 0 N–H and O–H groups in total. The van der Waals surface area contributed by atoms with Gasteiger partial charge in [0.05, 0.1) is 6.61 Å². The van der Waals surface area contributed by atoms with Gasteiger partial charge < -0.3 is 4.74 Å². The quantitative estimate of drug-likeness (QED) is 0.541. The largest absolute Gasteiger partial charge is 0.357 e. The molecule has 0 amide bonds. The second-order valence-corrected chi connectivity index (χ2v) is 3.51. The average molecular weight is 164 g/mol. The van der Waals surface area contributed by atoms with Crippen molar-refractivity contribution in [1.29, 1.82) is 0 Å². The second kappa shape index (κ2) is 3.07. The smallest absolute Gasteiger partial charge is 0.154 e. The van der Waals surface area contributed by atoms with E-state index in [1.165, 1.54) is 0 Å². The fourth-order valence-corrected chi connectivity index (χ4v) is 1.41. The van der Waals surface area contributed by atoms with Crippen LogP contribution in [0.1, 0.15) is 13.3 Å². The first-order valence-corrected chi connectivity index (χ1v) is 4.05. The Morgan fingerprint density at radius 3 is 2.80 bits per heavy atom. The van der Waals surface area contributed by atoms with Crippen LogP contribution in [0.5, 0.6) is 0 Å². The first-order chi connectivity index (χ1) is 4.66. The Hall–Kier alpha value is 0.210. The molecule has 0 aliphatic carbocycles. The summed E-state index contributed by atoms with van der Waals surface area (Å²) < 4.78 is 5.41. The number of hydrogen-bond donors (Lipinski definition) is 0. The molecule has 3 heteroatoms. The molecule has 0 bridgehead atoms. The lowest BCUT2D eigenvalue weighted by Gasteiger charge is -2.35. The third-order valence-electron chi connectivity index (χ3n) is 1.87. The van der Waals surface area contributed by atoms with Crippen LogP contribution in [0.2, 0.25) is 0 Å². The molecule has 0 aromatic rings. The lowest BCUT2D eigenvalue weighted by atomic mass is 10.2. The van der Waals surface area contributed by atoms with Crippen molar-refractivity contribution < 1.29 is 4.74 Å². The topological polar surface area (TPSA) is 12.5 Å². The fraction of sp³-hybridized carbons (Fsp3) is 1.00. The van der Waals surface area contributed by atoms with Crippen molar-refractivity contribution in [3.8, 4) is 0 Å². The van der Waals surface area contributed by atoms with Gasteiger partial charge in [0.2, 0.25) is 0 Å². The zero-order valence-electron chi connectivity index (χ0n) is 6.56. The number of alkyl halides is 1. The molecule has 1 unspecified atom stereocenters. The molecular formula is C7H14ClNO. The van der Waals surface area contributed by atoms with Gasteiger partial charge in [-0.3, -0.25) is 4.90 Å². The Kier molecular flexibility index (Phi) is 2.55. The van der Waals surface area contributed by atoms with Crippen molar-refractivity contribution in [1.82, 2.24) is 4.90 Å². The molecule has 1 aliphatic heterocycles. The van der Waals surface area contributed by atoms with Crippen molar-refractivity contribution >= 4 is 11.6 Å². The minimum atomic E-state index is -0.410. The van der Waals surface area contributed by atoms with E-state index in [9.17, 15) is 0 Å². The van der Waals surface area contributed by atoms with Gasteiger partial charge in [-0.25, -0.2) is 0 Å². The molecule has 10 heavy (non-hydrogen) atoms. The van der Waals surface area contributed by atoms with E-state index in [4.69, 9.17) is 16.3 Å². The number of ether oxygens (including phenoxy) is 1. The lowest BCUT2D eigenvalue weighted by Crippen LogP contribution is -2.46. The number of morpholine rings is 1. The number of hydrogen-bond acceptors (Lipinski definition) is 2. The van der Waals surface area contributed by atoms with Crippen molar-refractivity contribution in [2.75, 3.05) is 26.7 Å². The van der Waals surface area contributed by atoms with E-state index < -0.39 is 5.06 Å². The summed E-state index contributed by atoms with van der Waals surface area (Å²) in [6.07, 6.45) is 0.874. The summed E-state index contributed by atoms with van der Waals surface area (Å²) in [7, 11) is 2.06. The van der Waals surface area contributed by atoms with Crippen LogP contribution in [0.15, 0.2) is 0 Å². The average Bonchev–Trinajstić information content (AvgIpc) is 1.88. The summed E-state index contributed by atoms with van der Waals surface area (Å²) in [5.74, 6) is 0. The van der Waals surface area contributed by atoms with Crippen molar-refractivity contribution in [2.45, 2.75) is 18.4 Å². The van der Waals surface area contributed by atoms with Gasteiger partial charge in [0.1, 0.15) is 0 Å². The predicted octanol–water partition coefficient (Wildman–Crippen LogP) is 1.29. The van der Waals surface area contributed by atoms with E-state index in [2.05, 4.69) is 11.9 Å². The summed E-state index contributed by atoms with van der Waals surface area (Å²) in [5, 5.41) is -0.410. The van der Waals surface area contributed by atoms with Gasteiger partial charge in [0, 0.05) is 13.1 Å². The number of likely N-dealkylation sites (N-methyl/N-ethyl adjacent to an activating group) is 1. The van der Waals surface area contributed by atoms with E-state index in [0.29, 0.717) is 0 Å².